The maximum Gasteiger partial charge on any atom is 0.270 e. The Labute approximate surface area is 133 Å². The second-order valence-corrected chi connectivity index (χ2v) is 5.23. The Balaban J connectivity index is 1.87. The number of furan rings is 1. The third-order valence-corrected chi connectivity index (χ3v) is 3.61. The van der Waals surface area contributed by atoms with Gasteiger partial charge in [-0.15, -0.1) is 0 Å². The fraction of sp³-hybridized carbons (Fsp3) is 0. The van der Waals surface area contributed by atoms with Crippen molar-refractivity contribution < 1.29 is 15.2 Å². The summed E-state index contributed by atoms with van der Waals surface area (Å²) in [6, 6.07) is 19.0. The molecule has 0 bridgehead atoms. The Hall–Kier alpha value is -3.34. The summed E-state index contributed by atoms with van der Waals surface area (Å²) in [6.45, 7) is 0. The summed E-state index contributed by atoms with van der Waals surface area (Å²) < 4.78 is 5.92. The lowest BCUT2D eigenvalue weighted by atomic mass is 10.1. The minimum Gasteiger partial charge on any atom is -0.456 e. The predicted octanol–water partition coefficient (Wildman–Crippen LogP) is -0.458. The molecule has 1 aromatic heterocycles. The number of nitrogens with two attached hydrogens (primary N) is 4. The Kier molecular flexibility index (Phi) is 3.68. The third-order valence-electron chi connectivity index (χ3n) is 3.61. The molecule has 8 N–H and O–H groups in total. The van der Waals surface area contributed by atoms with Crippen molar-refractivity contribution in [3.05, 3.63) is 71.8 Å². The molecule has 0 spiro atoms. The first-order valence-electron chi connectivity index (χ1n) is 7.12. The van der Waals surface area contributed by atoms with E-state index in [9.17, 15) is 0 Å². The quantitative estimate of drug-likeness (QED) is 0.386. The third kappa shape index (κ3) is 2.98. The molecule has 5 nitrogen and oxygen atoms in total. The molecule has 1 heterocycles. The van der Waals surface area contributed by atoms with Gasteiger partial charge in [0.05, 0.1) is 11.1 Å². The zero-order valence-corrected chi connectivity index (χ0v) is 12.5. The van der Waals surface area contributed by atoms with Crippen LogP contribution in [0, 0.1) is 0 Å². The summed E-state index contributed by atoms with van der Waals surface area (Å²) >= 11 is 0. The fourth-order valence-electron chi connectivity index (χ4n) is 2.30. The second kappa shape index (κ2) is 5.81. The molecule has 0 aliphatic heterocycles. The lowest BCUT2D eigenvalue weighted by molar-refractivity contribution is -0.115. The van der Waals surface area contributed by atoms with E-state index in [1.165, 1.54) is 0 Å². The number of benzene rings is 2. The Morgan fingerprint density at radius 2 is 0.957 bits per heavy atom. The normalized spacial score (nSPS) is 10.4. The summed E-state index contributed by atoms with van der Waals surface area (Å²) in [5, 5.41) is 11.1. The van der Waals surface area contributed by atoms with Crippen LogP contribution >= 0.6 is 0 Å². The Morgan fingerprint density at radius 3 is 1.26 bits per heavy atom. The van der Waals surface area contributed by atoms with Gasteiger partial charge in [0.1, 0.15) is 11.5 Å². The number of rotatable bonds is 4. The average Bonchev–Trinajstić information content (AvgIpc) is 3.05. The molecular formula is C18H18N4O+2. The predicted molar refractivity (Wildman–Crippen MR) is 90.0 cm³/mol. The van der Waals surface area contributed by atoms with E-state index in [1.54, 1.807) is 0 Å². The zero-order chi connectivity index (χ0) is 16.4. The van der Waals surface area contributed by atoms with Gasteiger partial charge in [0.2, 0.25) is 0 Å². The second-order valence-electron chi connectivity index (χ2n) is 5.23. The molecule has 0 aliphatic carbocycles. The molecule has 0 saturated heterocycles. The van der Waals surface area contributed by atoms with E-state index in [0.29, 0.717) is 11.7 Å². The van der Waals surface area contributed by atoms with Crippen LogP contribution in [0.25, 0.3) is 22.6 Å². The molecule has 0 radical (unpaired) electrons. The van der Waals surface area contributed by atoms with Crippen molar-refractivity contribution in [3.8, 4) is 22.6 Å². The van der Waals surface area contributed by atoms with Gasteiger partial charge >= 0.3 is 0 Å². The SMILES string of the molecule is NC(=[NH2+])c1ccc(-c2ccc(-c3ccc(C(N)=[NH2+])cc3)o2)cc1. The van der Waals surface area contributed by atoms with Crippen molar-refractivity contribution in [2.24, 2.45) is 11.5 Å². The van der Waals surface area contributed by atoms with Crippen LogP contribution in [0.15, 0.2) is 65.1 Å². The lowest BCUT2D eigenvalue weighted by Gasteiger charge is -2.00. The average molecular weight is 306 g/mol. The first kappa shape index (κ1) is 14.6. The van der Waals surface area contributed by atoms with Crippen LogP contribution in [-0.4, -0.2) is 11.7 Å². The smallest absolute Gasteiger partial charge is 0.270 e. The number of hydrogen-bond acceptors (Lipinski definition) is 1. The number of amidine groups is 2. The molecular weight excluding hydrogens is 288 g/mol. The summed E-state index contributed by atoms with van der Waals surface area (Å²) in [4.78, 5) is 0. The minimum absolute atomic E-state index is 0.299. The van der Waals surface area contributed by atoms with Crippen LogP contribution in [0.3, 0.4) is 0 Å². The molecule has 3 aromatic rings. The van der Waals surface area contributed by atoms with Crippen molar-refractivity contribution in [2.75, 3.05) is 0 Å². The zero-order valence-electron chi connectivity index (χ0n) is 12.5. The summed E-state index contributed by atoms with van der Waals surface area (Å²) in [6.07, 6.45) is 0. The Bertz CT molecular complexity index is 789. The van der Waals surface area contributed by atoms with Gasteiger partial charge in [0, 0.05) is 11.1 Å². The van der Waals surface area contributed by atoms with Crippen LogP contribution in [0.5, 0.6) is 0 Å². The number of hydrogen-bond donors (Lipinski definition) is 4. The molecule has 0 unspecified atom stereocenters. The monoisotopic (exact) mass is 306 g/mol. The molecule has 0 amide bonds. The van der Waals surface area contributed by atoms with Gasteiger partial charge in [0.25, 0.3) is 11.7 Å². The molecule has 0 saturated carbocycles. The summed E-state index contributed by atoms with van der Waals surface area (Å²) in [5.74, 6) is 2.15. The molecule has 5 heteroatoms. The Morgan fingerprint density at radius 1 is 0.609 bits per heavy atom. The van der Waals surface area contributed by atoms with Crippen molar-refractivity contribution >= 4 is 11.7 Å². The van der Waals surface area contributed by atoms with Gasteiger partial charge < -0.3 is 4.42 Å². The molecule has 2 aromatic carbocycles. The highest BCUT2D eigenvalue weighted by Crippen LogP contribution is 2.28. The van der Waals surface area contributed by atoms with E-state index in [1.807, 2.05) is 60.7 Å². The molecule has 0 atom stereocenters. The summed E-state index contributed by atoms with van der Waals surface area (Å²) in [5.41, 5.74) is 14.6. The largest absolute Gasteiger partial charge is 0.456 e. The molecule has 0 fully saturated rings. The van der Waals surface area contributed by atoms with E-state index < -0.39 is 0 Å². The van der Waals surface area contributed by atoms with E-state index in [4.69, 9.17) is 26.7 Å². The van der Waals surface area contributed by atoms with Gasteiger partial charge in [-0.1, -0.05) is 24.3 Å². The van der Waals surface area contributed by atoms with Gasteiger partial charge in [-0.25, -0.2) is 0 Å². The van der Waals surface area contributed by atoms with Crippen molar-refractivity contribution in [1.82, 2.24) is 0 Å². The van der Waals surface area contributed by atoms with Gasteiger partial charge in [0.15, 0.2) is 0 Å². The van der Waals surface area contributed by atoms with Crippen LogP contribution in [0.1, 0.15) is 11.1 Å². The van der Waals surface area contributed by atoms with Gasteiger partial charge in [-0.05, 0) is 36.4 Å². The molecule has 3 rings (SSSR count). The molecule has 114 valence electrons. The van der Waals surface area contributed by atoms with E-state index >= 15 is 0 Å². The van der Waals surface area contributed by atoms with E-state index in [2.05, 4.69) is 0 Å². The first-order valence-corrected chi connectivity index (χ1v) is 7.12. The lowest BCUT2D eigenvalue weighted by Crippen LogP contribution is -2.46. The fourth-order valence-corrected chi connectivity index (χ4v) is 2.30. The van der Waals surface area contributed by atoms with Crippen molar-refractivity contribution in [2.45, 2.75) is 0 Å². The van der Waals surface area contributed by atoms with Gasteiger partial charge in [-0.3, -0.25) is 22.3 Å². The molecule has 0 aliphatic rings. The highest BCUT2D eigenvalue weighted by atomic mass is 16.3. The molecule has 23 heavy (non-hydrogen) atoms. The van der Waals surface area contributed by atoms with E-state index in [0.717, 1.165) is 33.8 Å². The van der Waals surface area contributed by atoms with Crippen LogP contribution in [0.2, 0.25) is 0 Å². The highest BCUT2D eigenvalue weighted by molar-refractivity contribution is 5.93. The summed E-state index contributed by atoms with van der Waals surface area (Å²) in [7, 11) is 0. The van der Waals surface area contributed by atoms with Crippen LogP contribution < -0.4 is 22.3 Å². The van der Waals surface area contributed by atoms with E-state index in [-0.39, 0.29) is 0 Å². The van der Waals surface area contributed by atoms with Crippen LogP contribution in [-0.2, 0) is 0 Å². The maximum absolute atomic E-state index is 5.92. The maximum atomic E-state index is 5.92. The highest BCUT2D eigenvalue weighted by Gasteiger charge is 2.09. The minimum atomic E-state index is 0.299. The van der Waals surface area contributed by atoms with Gasteiger partial charge in [-0.2, -0.15) is 0 Å². The van der Waals surface area contributed by atoms with Crippen molar-refractivity contribution in [3.63, 3.8) is 0 Å². The van der Waals surface area contributed by atoms with Crippen molar-refractivity contribution in [1.29, 1.82) is 0 Å². The topological polar surface area (TPSA) is 116 Å². The van der Waals surface area contributed by atoms with Crippen LogP contribution in [0.4, 0.5) is 0 Å². The first-order chi connectivity index (χ1) is 11.0. The standard InChI is InChI=1S/C18H16N4O/c19-17(20)13-5-1-11(2-6-13)15-9-10-16(23-15)12-3-7-14(8-4-12)18(21)22/h1-10H,(H3,19,20)(H3,21,22)/p+2.